The van der Waals surface area contributed by atoms with Gasteiger partial charge in [-0.05, 0) is 42.6 Å². The van der Waals surface area contributed by atoms with Crippen LogP contribution in [-0.2, 0) is 20.1 Å². The molecule has 12 heteroatoms. The normalized spacial score (nSPS) is 15.0. The molecule has 2 aromatic heterocycles. The summed E-state index contributed by atoms with van der Waals surface area (Å²) in [5, 5.41) is 8.67. The predicted molar refractivity (Wildman–Crippen MR) is 138 cm³/mol. The summed E-state index contributed by atoms with van der Waals surface area (Å²) in [5.74, 6) is 1.19. The monoisotopic (exact) mass is 516 g/mol. The van der Waals surface area contributed by atoms with Gasteiger partial charge in [0.15, 0.2) is 0 Å². The molecule has 1 fully saturated rings. The number of morpholine rings is 1. The Morgan fingerprint density at radius 2 is 2.06 bits per heavy atom. The van der Waals surface area contributed by atoms with E-state index in [2.05, 4.69) is 24.9 Å². The molecule has 1 amide bonds. The van der Waals surface area contributed by atoms with Gasteiger partial charge in [0.1, 0.15) is 5.82 Å². The molecule has 1 saturated heterocycles. The first-order chi connectivity index (χ1) is 17.1. The maximum Gasteiger partial charge on any atom is 0.441 e. The van der Waals surface area contributed by atoms with E-state index in [4.69, 9.17) is 14.5 Å². The molecule has 4 rings (SSSR count). The second-order valence-corrected chi connectivity index (χ2v) is 9.77. The van der Waals surface area contributed by atoms with Crippen LogP contribution in [0.25, 0.3) is 10.4 Å². The molecule has 0 spiro atoms. The number of hydrogen-bond acceptors (Lipinski definition) is 10. The third kappa shape index (κ3) is 7.21. The molecule has 0 radical (unpaired) electrons. The Labute approximate surface area is 209 Å². The highest BCUT2D eigenvalue weighted by Gasteiger charge is 2.13. The average molecular weight is 517 g/mol. The number of ether oxygens (including phenoxy) is 2. The Balaban J connectivity index is 1.46. The number of rotatable bonds is 9. The van der Waals surface area contributed by atoms with Crippen LogP contribution < -0.4 is 10.6 Å². The van der Waals surface area contributed by atoms with Gasteiger partial charge in [-0.1, -0.05) is 6.07 Å². The van der Waals surface area contributed by atoms with E-state index in [1.54, 1.807) is 42.5 Å². The van der Waals surface area contributed by atoms with Crippen LogP contribution in [0.1, 0.15) is 6.92 Å². The average Bonchev–Trinajstić information content (AvgIpc) is 3.40. The number of carbonyl (C=O) groups is 1. The minimum Gasteiger partial charge on any atom is -0.448 e. The van der Waals surface area contributed by atoms with Gasteiger partial charge in [-0.15, -0.1) is 15.7 Å². The fraction of sp³-hybridized carbons (Fsp3) is 0.348. The molecule has 1 aliphatic heterocycles. The molecule has 1 atom stereocenters. The van der Waals surface area contributed by atoms with E-state index in [9.17, 15) is 9.00 Å². The third-order valence-corrected chi connectivity index (χ3v) is 7.17. The van der Waals surface area contributed by atoms with Crippen molar-refractivity contribution < 1.29 is 18.5 Å². The zero-order valence-electron chi connectivity index (χ0n) is 19.3. The summed E-state index contributed by atoms with van der Waals surface area (Å²) in [4.78, 5) is 24.5. The highest BCUT2D eigenvalue weighted by molar-refractivity contribution is 7.75. The second kappa shape index (κ2) is 12.6. The molecule has 0 saturated carbocycles. The summed E-state index contributed by atoms with van der Waals surface area (Å²) in [5.41, 5.74) is 1.66. The smallest absolute Gasteiger partial charge is 0.441 e. The first kappa shape index (κ1) is 25.0. The number of thiol groups is 1. The Hall–Kier alpha value is -3.06. The zero-order chi connectivity index (χ0) is 24.5. The lowest BCUT2D eigenvalue weighted by Gasteiger charge is -2.26. The number of thiophene rings is 1. The van der Waals surface area contributed by atoms with Gasteiger partial charge in [-0.25, -0.2) is 14.0 Å². The van der Waals surface area contributed by atoms with Crippen LogP contribution in [0.4, 0.5) is 22.2 Å². The number of amides is 1. The van der Waals surface area contributed by atoms with Crippen molar-refractivity contribution in [1.29, 1.82) is 0 Å². The molecule has 3 aromatic rings. The van der Waals surface area contributed by atoms with Crippen LogP contribution in [0, 0.1) is 0 Å². The van der Waals surface area contributed by atoms with Gasteiger partial charge < -0.3 is 20.1 Å². The quantitative estimate of drug-likeness (QED) is 0.364. The van der Waals surface area contributed by atoms with Crippen molar-refractivity contribution in [3.63, 3.8) is 0 Å². The first-order valence-electron chi connectivity index (χ1n) is 11.3. The van der Waals surface area contributed by atoms with Gasteiger partial charge in [0.25, 0.3) is 0 Å². The van der Waals surface area contributed by atoms with Crippen LogP contribution in [0.5, 0.6) is 0 Å². The van der Waals surface area contributed by atoms with Crippen LogP contribution in [0.3, 0.4) is 0 Å². The number of aromatic nitrogens is 2. The van der Waals surface area contributed by atoms with Gasteiger partial charge in [-0.3, -0.25) is 4.90 Å². The van der Waals surface area contributed by atoms with Gasteiger partial charge in [-0.2, -0.15) is 4.98 Å². The van der Waals surface area contributed by atoms with Crippen LogP contribution in [0.2, 0.25) is 0 Å². The predicted octanol–water partition coefficient (Wildman–Crippen LogP) is 3.87. The molecular formula is C23H28N6O4S2. The molecule has 1 aliphatic rings. The largest absolute Gasteiger partial charge is 0.448 e. The van der Waals surface area contributed by atoms with Crippen LogP contribution in [-0.4, -0.2) is 71.2 Å². The standard InChI is InChI=1S/C23H28N6O4S2/c1-2-33-23(30)28-35(31)18-7-5-17(6-8-18)26-22-25-16-19(20-4-3-15-34-20)21(27-22)24-9-10-29-11-13-32-14-12-29/h3-8,15-16,35H,2,9-14H2,1H3,(H2,24,25,26,27). The zero-order valence-corrected chi connectivity index (χ0v) is 21.1. The van der Waals surface area contributed by atoms with E-state index in [1.807, 2.05) is 23.7 Å². The molecule has 1 aromatic carbocycles. The van der Waals surface area contributed by atoms with Gasteiger partial charge in [0.05, 0.1) is 36.0 Å². The number of anilines is 3. The van der Waals surface area contributed by atoms with Crippen molar-refractivity contribution in [2.45, 2.75) is 11.8 Å². The molecule has 186 valence electrons. The second-order valence-electron chi connectivity index (χ2n) is 7.56. The maximum absolute atomic E-state index is 12.2. The third-order valence-electron chi connectivity index (χ3n) is 5.18. The Morgan fingerprint density at radius 3 is 2.77 bits per heavy atom. The fourth-order valence-corrected chi connectivity index (χ4v) is 4.89. The molecule has 0 aliphatic carbocycles. The van der Waals surface area contributed by atoms with E-state index in [0.717, 1.165) is 61.3 Å². The van der Waals surface area contributed by atoms with Gasteiger partial charge in [0, 0.05) is 47.8 Å². The highest BCUT2D eigenvalue weighted by Crippen LogP contribution is 2.31. The topological polar surface area (TPSA) is 118 Å². The van der Waals surface area contributed by atoms with Gasteiger partial charge in [0.2, 0.25) is 5.95 Å². The molecule has 35 heavy (non-hydrogen) atoms. The number of hydrogen-bond donors (Lipinski definition) is 3. The van der Waals surface area contributed by atoms with Crippen molar-refractivity contribution in [2.75, 3.05) is 56.6 Å². The van der Waals surface area contributed by atoms with E-state index >= 15 is 0 Å². The van der Waals surface area contributed by atoms with Crippen molar-refractivity contribution in [3.05, 3.63) is 48.0 Å². The number of benzene rings is 1. The summed E-state index contributed by atoms with van der Waals surface area (Å²) >= 11 is 1.64. The number of carbonyl (C=O) groups excluding carboxylic acids is 1. The maximum atomic E-state index is 12.2. The fourth-order valence-electron chi connectivity index (χ4n) is 3.43. The van der Waals surface area contributed by atoms with E-state index in [1.165, 1.54) is 0 Å². The molecule has 10 nitrogen and oxygen atoms in total. The van der Waals surface area contributed by atoms with Crippen molar-refractivity contribution >= 4 is 45.5 Å². The summed E-state index contributed by atoms with van der Waals surface area (Å²) in [7, 11) is -2.22. The summed E-state index contributed by atoms with van der Waals surface area (Å²) in [6.45, 7) is 6.91. The Bertz CT molecular complexity index is 1190. The van der Waals surface area contributed by atoms with E-state index in [-0.39, 0.29) is 6.61 Å². The summed E-state index contributed by atoms with van der Waals surface area (Å²) in [6.07, 6.45) is 0.977. The first-order valence-corrected chi connectivity index (χ1v) is 13.4. The molecule has 0 bridgehead atoms. The lowest BCUT2D eigenvalue weighted by Crippen LogP contribution is -2.39. The van der Waals surface area contributed by atoms with E-state index < -0.39 is 16.7 Å². The number of nitrogens with zero attached hydrogens (tertiary/aromatic N) is 4. The lowest BCUT2D eigenvalue weighted by molar-refractivity contribution is 0.0398. The Morgan fingerprint density at radius 1 is 1.26 bits per heavy atom. The minimum absolute atomic E-state index is 0.184. The van der Waals surface area contributed by atoms with Crippen molar-refractivity contribution in [3.8, 4) is 10.4 Å². The summed E-state index contributed by atoms with van der Waals surface area (Å²) < 4.78 is 25.9. The van der Waals surface area contributed by atoms with Crippen LogP contribution in [0.15, 0.2) is 57.2 Å². The highest BCUT2D eigenvalue weighted by atomic mass is 32.2. The molecular weight excluding hydrogens is 488 g/mol. The van der Waals surface area contributed by atoms with Gasteiger partial charge >= 0.3 is 6.09 Å². The summed E-state index contributed by atoms with van der Waals surface area (Å²) in [6, 6.07) is 10.8. The SMILES string of the molecule is CCOC(=O)/N=[SH](=O)/c1ccc(Nc2ncc(-c3cccs3)c(NCCN3CCOCC3)n2)cc1. The van der Waals surface area contributed by atoms with E-state index in [0.29, 0.717) is 10.8 Å². The molecule has 3 heterocycles. The lowest BCUT2D eigenvalue weighted by atomic mass is 10.2. The van der Waals surface area contributed by atoms with Crippen LogP contribution >= 0.6 is 11.3 Å². The molecule has 1 unspecified atom stereocenters. The number of nitrogens with one attached hydrogen (secondary N) is 2. The minimum atomic E-state index is -2.22. The Kier molecular flexibility index (Phi) is 9.01. The van der Waals surface area contributed by atoms with Crippen molar-refractivity contribution in [2.24, 2.45) is 4.36 Å². The molecule has 2 N–H and O–H groups in total. The van der Waals surface area contributed by atoms with Crippen molar-refractivity contribution in [1.82, 2.24) is 14.9 Å².